The van der Waals surface area contributed by atoms with Crippen molar-refractivity contribution in [2.75, 3.05) is 18.1 Å². The highest BCUT2D eigenvalue weighted by molar-refractivity contribution is 5.50. The van der Waals surface area contributed by atoms with Crippen molar-refractivity contribution in [1.29, 1.82) is 0 Å². The van der Waals surface area contributed by atoms with Crippen LogP contribution in [-0.4, -0.2) is 30.3 Å². The van der Waals surface area contributed by atoms with E-state index in [4.69, 9.17) is 5.11 Å². The molecule has 21 heavy (non-hydrogen) atoms. The standard InChI is InChI=1S/C17H27FN2O/c1-13(2)19-12-14-7-8-17(16(18)11-14)20(9-4-10-21)15-5-3-6-15/h7-8,11,13,15,19,21H,3-6,9-10,12H2,1-2H3. The molecule has 0 spiro atoms. The molecule has 1 aliphatic carbocycles. The van der Waals surface area contributed by atoms with Crippen molar-refractivity contribution < 1.29 is 9.50 Å². The monoisotopic (exact) mass is 294 g/mol. The second kappa shape index (κ2) is 7.76. The number of nitrogens with zero attached hydrogens (tertiary/aromatic N) is 1. The van der Waals surface area contributed by atoms with Crippen molar-refractivity contribution in [3.63, 3.8) is 0 Å². The van der Waals surface area contributed by atoms with E-state index in [-0.39, 0.29) is 12.4 Å². The van der Waals surface area contributed by atoms with Gasteiger partial charge < -0.3 is 15.3 Å². The first-order valence-corrected chi connectivity index (χ1v) is 8.01. The van der Waals surface area contributed by atoms with Crippen molar-refractivity contribution in [2.45, 2.75) is 58.2 Å². The van der Waals surface area contributed by atoms with Crippen LogP contribution in [0.15, 0.2) is 18.2 Å². The highest BCUT2D eigenvalue weighted by atomic mass is 19.1. The molecule has 1 aromatic rings. The SMILES string of the molecule is CC(C)NCc1ccc(N(CCCO)C2CCC2)c(F)c1. The van der Waals surface area contributed by atoms with Crippen molar-refractivity contribution in [3.8, 4) is 0 Å². The van der Waals surface area contributed by atoms with E-state index < -0.39 is 0 Å². The van der Waals surface area contributed by atoms with Gasteiger partial charge in [-0.25, -0.2) is 4.39 Å². The van der Waals surface area contributed by atoms with Crippen molar-refractivity contribution >= 4 is 5.69 Å². The summed E-state index contributed by atoms with van der Waals surface area (Å²) in [5.74, 6) is -0.150. The van der Waals surface area contributed by atoms with Crippen LogP contribution in [0, 0.1) is 5.82 Å². The maximum atomic E-state index is 14.4. The van der Waals surface area contributed by atoms with E-state index in [1.165, 1.54) is 6.42 Å². The molecule has 4 heteroatoms. The molecular formula is C17H27FN2O. The van der Waals surface area contributed by atoms with Gasteiger partial charge in [0.2, 0.25) is 0 Å². The third-order valence-corrected chi connectivity index (χ3v) is 4.11. The first-order chi connectivity index (χ1) is 10.1. The summed E-state index contributed by atoms with van der Waals surface area (Å²) in [5, 5.41) is 12.3. The number of aliphatic hydroxyl groups excluding tert-OH is 1. The minimum atomic E-state index is -0.150. The van der Waals surface area contributed by atoms with Gasteiger partial charge in [0.25, 0.3) is 0 Å². The van der Waals surface area contributed by atoms with Crippen molar-refractivity contribution in [3.05, 3.63) is 29.6 Å². The number of aliphatic hydroxyl groups is 1. The minimum absolute atomic E-state index is 0.150. The summed E-state index contributed by atoms with van der Waals surface area (Å²) in [4.78, 5) is 2.13. The Kier molecular flexibility index (Phi) is 6.00. The topological polar surface area (TPSA) is 35.5 Å². The van der Waals surface area contributed by atoms with Gasteiger partial charge in [0, 0.05) is 31.8 Å². The van der Waals surface area contributed by atoms with Gasteiger partial charge >= 0.3 is 0 Å². The van der Waals surface area contributed by atoms with Gasteiger partial charge in [-0.05, 0) is 43.4 Å². The quantitative estimate of drug-likeness (QED) is 0.773. The summed E-state index contributed by atoms with van der Waals surface area (Å²) in [6.07, 6.45) is 4.16. The number of benzene rings is 1. The van der Waals surface area contributed by atoms with Crippen LogP contribution in [-0.2, 0) is 6.54 Å². The molecule has 0 amide bonds. The van der Waals surface area contributed by atoms with E-state index in [1.807, 2.05) is 12.1 Å². The Hall–Kier alpha value is -1.13. The molecule has 0 bridgehead atoms. The van der Waals surface area contributed by atoms with Gasteiger partial charge in [0.05, 0.1) is 5.69 Å². The summed E-state index contributed by atoms with van der Waals surface area (Å²) >= 11 is 0. The summed E-state index contributed by atoms with van der Waals surface area (Å²) in [6.45, 7) is 5.73. The smallest absolute Gasteiger partial charge is 0.146 e. The Morgan fingerprint density at radius 2 is 2.14 bits per heavy atom. The third kappa shape index (κ3) is 4.42. The number of halogens is 1. The molecule has 2 N–H and O–H groups in total. The summed E-state index contributed by atoms with van der Waals surface area (Å²) < 4.78 is 14.4. The van der Waals surface area contributed by atoms with Crippen LogP contribution in [0.5, 0.6) is 0 Å². The first kappa shape index (κ1) is 16.2. The molecular weight excluding hydrogens is 267 g/mol. The number of hydrogen-bond donors (Lipinski definition) is 2. The number of anilines is 1. The van der Waals surface area contributed by atoms with Crippen molar-refractivity contribution in [1.82, 2.24) is 5.32 Å². The van der Waals surface area contributed by atoms with Crippen LogP contribution >= 0.6 is 0 Å². The molecule has 0 saturated heterocycles. The average molecular weight is 294 g/mol. The van der Waals surface area contributed by atoms with Gasteiger partial charge in [-0.1, -0.05) is 19.9 Å². The molecule has 0 atom stereocenters. The minimum Gasteiger partial charge on any atom is -0.396 e. The fraction of sp³-hybridized carbons (Fsp3) is 0.647. The van der Waals surface area contributed by atoms with Gasteiger partial charge in [0.1, 0.15) is 5.82 Å². The molecule has 0 aromatic heterocycles. The Morgan fingerprint density at radius 3 is 2.67 bits per heavy atom. The predicted octanol–water partition coefficient (Wildman–Crippen LogP) is 3.07. The van der Waals surface area contributed by atoms with E-state index in [9.17, 15) is 4.39 Å². The van der Waals surface area contributed by atoms with Gasteiger partial charge in [-0.3, -0.25) is 0 Å². The van der Waals surface area contributed by atoms with Crippen LogP contribution in [0.1, 0.15) is 45.1 Å². The van der Waals surface area contributed by atoms with Crippen LogP contribution in [0.25, 0.3) is 0 Å². The van der Waals surface area contributed by atoms with Crippen LogP contribution in [0.4, 0.5) is 10.1 Å². The normalized spacial score (nSPS) is 15.3. The lowest BCUT2D eigenvalue weighted by Gasteiger charge is -2.39. The van der Waals surface area contributed by atoms with Crippen LogP contribution in [0.2, 0.25) is 0 Å². The second-order valence-electron chi connectivity index (χ2n) is 6.18. The molecule has 0 unspecified atom stereocenters. The Bertz CT molecular complexity index is 446. The Labute approximate surface area is 127 Å². The lowest BCUT2D eigenvalue weighted by Crippen LogP contribution is -2.41. The average Bonchev–Trinajstić information content (AvgIpc) is 2.39. The van der Waals surface area contributed by atoms with Gasteiger partial charge in [0.15, 0.2) is 0 Å². The number of nitrogens with one attached hydrogen (secondary N) is 1. The largest absolute Gasteiger partial charge is 0.396 e. The molecule has 3 nitrogen and oxygen atoms in total. The predicted molar refractivity (Wildman–Crippen MR) is 85.1 cm³/mol. The van der Waals surface area contributed by atoms with E-state index in [1.54, 1.807) is 6.07 Å². The molecule has 1 fully saturated rings. The molecule has 1 saturated carbocycles. The molecule has 0 aliphatic heterocycles. The molecule has 0 radical (unpaired) electrons. The Morgan fingerprint density at radius 1 is 1.38 bits per heavy atom. The van der Waals surface area contributed by atoms with Crippen LogP contribution in [0.3, 0.4) is 0 Å². The maximum absolute atomic E-state index is 14.4. The second-order valence-corrected chi connectivity index (χ2v) is 6.18. The summed E-state index contributed by atoms with van der Waals surface area (Å²) in [7, 11) is 0. The Balaban J connectivity index is 2.08. The van der Waals surface area contributed by atoms with E-state index in [0.29, 0.717) is 30.7 Å². The molecule has 1 aromatic carbocycles. The maximum Gasteiger partial charge on any atom is 0.146 e. The summed E-state index contributed by atoms with van der Waals surface area (Å²) in [6, 6.07) is 6.35. The molecule has 1 aliphatic rings. The number of rotatable bonds is 8. The zero-order valence-corrected chi connectivity index (χ0v) is 13.1. The molecule has 2 rings (SSSR count). The first-order valence-electron chi connectivity index (χ1n) is 8.01. The fourth-order valence-electron chi connectivity index (χ4n) is 2.65. The van der Waals surface area contributed by atoms with Gasteiger partial charge in [-0.15, -0.1) is 0 Å². The zero-order chi connectivity index (χ0) is 15.2. The highest BCUT2D eigenvalue weighted by Gasteiger charge is 2.26. The lowest BCUT2D eigenvalue weighted by atomic mass is 9.90. The molecule has 118 valence electrons. The highest BCUT2D eigenvalue weighted by Crippen LogP contribution is 2.31. The van der Waals surface area contributed by atoms with E-state index in [2.05, 4.69) is 24.1 Å². The zero-order valence-electron chi connectivity index (χ0n) is 13.1. The summed E-state index contributed by atoms with van der Waals surface area (Å²) in [5.41, 5.74) is 1.65. The number of hydrogen-bond acceptors (Lipinski definition) is 3. The van der Waals surface area contributed by atoms with Crippen LogP contribution < -0.4 is 10.2 Å². The lowest BCUT2D eigenvalue weighted by molar-refractivity contribution is 0.282. The van der Waals surface area contributed by atoms with Gasteiger partial charge in [-0.2, -0.15) is 0 Å². The van der Waals surface area contributed by atoms with E-state index >= 15 is 0 Å². The fourth-order valence-corrected chi connectivity index (χ4v) is 2.65. The van der Waals surface area contributed by atoms with Crippen molar-refractivity contribution in [2.24, 2.45) is 0 Å². The third-order valence-electron chi connectivity index (χ3n) is 4.11. The van der Waals surface area contributed by atoms with E-state index in [0.717, 1.165) is 24.9 Å². The molecule has 0 heterocycles.